The van der Waals surface area contributed by atoms with Crippen LogP contribution in [0.4, 0.5) is 0 Å². The summed E-state index contributed by atoms with van der Waals surface area (Å²) in [6.45, 7) is 3.76. The third-order valence-electron chi connectivity index (χ3n) is 1.65. The Hall–Kier alpha value is -0.790. The van der Waals surface area contributed by atoms with Gasteiger partial charge in [-0.05, 0) is 6.92 Å². The predicted molar refractivity (Wildman–Crippen MR) is 29.5 cm³/mol. The van der Waals surface area contributed by atoms with Crippen molar-refractivity contribution in [2.75, 3.05) is 0 Å². The molecule has 0 saturated carbocycles. The molecule has 1 unspecified atom stereocenters. The van der Waals surface area contributed by atoms with E-state index in [2.05, 4.69) is 0 Å². The van der Waals surface area contributed by atoms with Crippen LogP contribution in [0.2, 0.25) is 0 Å². The first-order valence-corrected chi connectivity index (χ1v) is 2.58. The second kappa shape index (κ2) is 1.34. The van der Waals surface area contributed by atoms with Gasteiger partial charge in [0.2, 0.25) is 0 Å². The Bertz CT molecular complexity index is 167. The van der Waals surface area contributed by atoms with Crippen molar-refractivity contribution in [1.29, 1.82) is 0 Å². The van der Waals surface area contributed by atoms with E-state index in [0.29, 0.717) is 5.57 Å². The lowest BCUT2D eigenvalue weighted by Gasteiger charge is -1.79. The highest BCUT2D eigenvalue weighted by molar-refractivity contribution is 5.94. The van der Waals surface area contributed by atoms with Gasteiger partial charge in [0.1, 0.15) is 0 Å². The maximum absolute atomic E-state index is 10.1. The molecule has 0 aliphatic heterocycles. The molecule has 1 aliphatic carbocycles. The number of hydrogen-bond acceptors (Lipinski definition) is 1. The number of aliphatic carboxylic acids is 1. The van der Waals surface area contributed by atoms with Gasteiger partial charge in [0.15, 0.2) is 0 Å². The molecule has 8 heavy (non-hydrogen) atoms. The van der Waals surface area contributed by atoms with Crippen LogP contribution in [-0.4, -0.2) is 11.1 Å². The van der Waals surface area contributed by atoms with Crippen molar-refractivity contribution in [2.45, 2.75) is 13.8 Å². The molecule has 0 radical (unpaired) electrons. The van der Waals surface area contributed by atoms with Crippen LogP contribution in [0.15, 0.2) is 11.1 Å². The highest BCUT2D eigenvalue weighted by Gasteiger charge is 2.33. The predicted octanol–water partition coefficient (Wildman–Crippen LogP) is 1.04. The maximum Gasteiger partial charge on any atom is 0.332 e. The van der Waals surface area contributed by atoms with E-state index >= 15 is 0 Å². The second-order valence-electron chi connectivity index (χ2n) is 2.12. The normalized spacial score (nSPS) is 26.0. The quantitative estimate of drug-likeness (QED) is 0.550. The van der Waals surface area contributed by atoms with Crippen molar-refractivity contribution in [3.63, 3.8) is 0 Å². The van der Waals surface area contributed by atoms with Crippen molar-refractivity contribution in [1.82, 2.24) is 0 Å². The van der Waals surface area contributed by atoms with E-state index in [1.165, 1.54) is 0 Å². The van der Waals surface area contributed by atoms with Crippen LogP contribution in [-0.2, 0) is 4.79 Å². The third kappa shape index (κ3) is 0.529. The highest BCUT2D eigenvalue weighted by Crippen LogP contribution is 2.37. The molecule has 1 N–H and O–H groups in total. The zero-order valence-corrected chi connectivity index (χ0v) is 4.93. The summed E-state index contributed by atoms with van der Waals surface area (Å²) in [7, 11) is 0. The molecule has 1 aliphatic rings. The summed E-state index contributed by atoms with van der Waals surface area (Å²) in [5.41, 5.74) is 1.63. The molecule has 1 rings (SSSR count). The van der Waals surface area contributed by atoms with Gasteiger partial charge in [-0.1, -0.05) is 12.5 Å². The summed E-state index contributed by atoms with van der Waals surface area (Å²) in [6.07, 6.45) is 0. The summed E-state index contributed by atoms with van der Waals surface area (Å²) >= 11 is 0. The van der Waals surface area contributed by atoms with E-state index in [9.17, 15) is 4.79 Å². The number of rotatable bonds is 1. The lowest BCUT2D eigenvalue weighted by molar-refractivity contribution is -0.132. The average Bonchev–Trinajstić information content (AvgIpc) is 2.15. The van der Waals surface area contributed by atoms with E-state index in [4.69, 9.17) is 5.11 Å². The number of carboxylic acid groups (broad SMARTS) is 1. The minimum absolute atomic E-state index is 0.243. The van der Waals surface area contributed by atoms with Gasteiger partial charge in [0.05, 0.1) is 0 Å². The molecule has 44 valence electrons. The molecule has 1 atom stereocenters. The minimum Gasteiger partial charge on any atom is -0.478 e. The summed E-state index contributed by atoms with van der Waals surface area (Å²) in [5, 5.41) is 8.34. The lowest BCUT2D eigenvalue weighted by Crippen LogP contribution is -1.91. The number of hydrogen-bond donors (Lipinski definition) is 1. The molecule has 0 saturated heterocycles. The molecular weight excluding hydrogens is 104 g/mol. The minimum atomic E-state index is -0.755. The first kappa shape index (κ1) is 5.35. The van der Waals surface area contributed by atoms with Crippen molar-refractivity contribution in [3.05, 3.63) is 11.1 Å². The first-order chi connectivity index (χ1) is 3.64. The zero-order valence-electron chi connectivity index (χ0n) is 4.93. The van der Waals surface area contributed by atoms with Gasteiger partial charge < -0.3 is 5.11 Å². The van der Waals surface area contributed by atoms with E-state index in [1.807, 2.05) is 13.8 Å². The molecule has 0 fully saturated rings. The van der Waals surface area contributed by atoms with Crippen LogP contribution >= 0.6 is 0 Å². The van der Waals surface area contributed by atoms with Gasteiger partial charge in [0.25, 0.3) is 0 Å². The maximum atomic E-state index is 10.1. The summed E-state index contributed by atoms with van der Waals surface area (Å²) in [6, 6.07) is 0. The molecule has 2 heteroatoms. The summed E-state index contributed by atoms with van der Waals surface area (Å²) in [5.74, 6) is -0.512. The Balaban J connectivity index is 2.66. The smallest absolute Gasteiger partial charge is 0.332 e. The standard InChI is InChI=1S/C6H8O2/c1-3-4(2)5(3)6(7)8/h3H,1-2H3,(H,7,8). The van der Waals surface area contributed by atoms with Crippen LogP contribution in [0.3, 0.4) is 0 Å². The van der Waals surface area contributed by atoms with Crippen molar-refractivity contribution in [3.8, 4) is 0 Å². The van der Waals surface area contributed by atoms with E-state index < -0.39 is 5.97 Å². The highest BCUT2D eigenvalue weighted by atomic mass is 16.4. The molecule has 0 amide bonds. The molecular formula is C6H8O2. The zero-order chi connectivity index (χ0) is 6.31. The van der Waals surface area contributed by atoms with Crippen molar-refractivity contribution >= 4 is 5.97 Å². The number of allylic oxidation sites excluding steroid dienone is 1. The van der Waals surface area contributed by atoms with Gasteiger partial charge in [-0.15, -0.1) is 0 Å². The van der Waals surface area contributed by atoms with E-state index in [0.717, 1.165) is 5.57 Å². The largest absolute Gasteiger partial charge is 0.478 e. The Morgan fingerprint density at radius 2 is 2.12 bits per heavy atom. The third-order valence-corrected chi connectivity index (χ3v) is 1.65. The monoisotopic (exact) mass is 112 g/mol. The van der Waals surface area contributed by atoms with Crippen LogP contribution in [0.25, 0.3) is 0 Å². The Morgan fingerprint density at radius 3 is 2.12 bits per heavy atom. The first-order valence-electron chi connectivity index (χ1n) is 2.58. The molecule has 0 spiro atoms. The molecule has 0 heterocycles. The topological polar surface area (TPSA) is 37.3 Å². The van der Waals surface area contributed by atoms with Crippen LogP contribution in [0.1, 0.15) is 13.8 Å². The molecule has 0 aromatic rings. The van der Waals surface area contributed by atoms with Crippen molar-refractivity contribution in [2.24, 2.45) is 5.92 Å². The molecule has 0 bridgehead atoms. The average molecular weight is 112 g/mol. The van der Waals surface area contributed by atoms with Gasteiger partial charge in [0, 0.05) is 11.5 Å². The Morgan fingerprint density at radius 1 is 1.75 bits per heavy atom. The van der Waals surface area contributed by atoms with E-state index in [-0.39, 0.29) is 5.92 Å². The van der Waals surface area contributed by atoms with Crippen LogP contribution in [0, 0.1) is 5.92 Å². The Kier molecular flexibility index (Phi) is 0.897. The van der Waals surface area contributed by atoms with Gasteiger partial charge in [-0.25, -0.2) is 4.79 Å². The second-order valence-corrected chi connectivity index (χ2v) is 2.12. The fraction of sp³-hybridized carbons (Fsp3) is 0.500. The van der Waals surface area contributed by atoms with Crippen LogP contribution in [0.5, 0.6) is 0 Å². The SMILES string of the molecule is CC1=C(C(=O)O)C1C. The summed E-state index contributed by atoms with van der Waals surface area (Å²) < 4.78 is 0. The lowest BCUT2D eigenvalue weighted by atomic mass is 10.3. The number of carboxylic acids is 1. The van der Waals surface area contributed by atoms with Gasteiger partial charge >= 0.3 is 5.97 Å². The Labute approximate surface area is 47.8 Å². The fourth-order valence-corrected chi connectivity index (χ4v) is 0.834. The van der Waals surface area contributed by atoms with Crippen molar-refractivity contribution < 1.29 is 9.90 Å². The number of carbonyl (C=O) groups is 1. The fourth-order valence-electron chi connectivity index (χ4n) is 0.834. The van der Waals surface area contributed by atoms with Gasteiger partial charge in [-0.3, -0.25) is 0 Å². The van der Waals surface area contributed by atoms with Gasteiger partial charge in [-0.2, -0.15) is 0 Å². The molecule has 2 nitrogen and oxygen atoms in total. The molecule has 0 aromatic heterocycles. The van der Waals surface area contributed by atoms with Crippen LogP contribution < -0.4 is 0 Å². The molecule has 0 aromatic carbocycles. The van der Waals surface area contributed by atoms with E-state index in [1.54, 1.807) is 0 Å². The summed E-state index contributed by atoms with van der Waals surface area (Å²) in [4.78, 5) is 10.1.